The molecule has 2 aromatic carbocycles. The summed E-state index contributed by atoms with van der Waals surface area (Å²) in [4.78, 5) is 31.9. The van der Waals surface area contributed by atoms with Crippen LogP contribution in [0.4, 0.5) is 0 Å². The quantitative estimate of drug-likeness (QED) is 0.539. The number of carbonyl (C=O) groups excluding carboxylic acids is 2. The van der Waals surface area contributed by atoms with Gasteiger partial charge in [0, 0.05) is 30.2 Å². The number of amides is 2. The summed E-state index contributed by atoms with van der Waals surface area (Å²) in [6, 6.07) is 13.8. The molecular formula is C27H25N3O5. The predicted octanol–water partition coefficient (Wildman–Crippen LogP) is 2.54. The molecule has 2 N–H and O–H groups in total. The highest BCUT2D eigenvalue weighted by Crippen LogP contribution is 2.52. The van der Waals surface area contributed by atoms with E-state index in [1.807, 2.05) is 59.6 Å². The van der Waals surface area contributed by atoms with Crippen molar-refractivity contribution in [1.82, 2.24) is 15.2 Å². The fourth-order valence-electron chi connectivity index (χ4n) is 6.02. The maximum Gasteiger partial charge on any atom is 0.231 e. The van der Waals surface area contributed by atoms with Gasteiger partial charge in [-0.1, -0.05) is 36.4 Å². The van der Waals surface area contributed by atoms with Gasteiger partial charge in [0.05, 0.1) is 24.5 Å². The summed E-state index contributed by atoms with van der Waals surface area (Å²) in [6.07, 6.45) is 6.33. The fraction of sp³-hybridized carbons (Fsp3) is 0.333. The molecule has 0 aliphatic carbocycles. The van der Waals surface area contributed by atoms with E-state index in [0.717, 1.165) is 17.5 Å². The second-order valence-electron chi connectivity index (χ2n) is 9.67. The molecule has 35 heavy (non-hydrogen) atoms. The number of hydrogen-bond donors (Lipinski definition) is 2. The summed E-state index contributed by atoms with van der Waals surface area (Å²) >= 11 is 0. The Hall–Kier alpha value is -3.78. The summed E-state index contributed by atoms with van der Waals surface area (Å²) in [5.74, 6) is 0.212. The number of rotatable bonds is 6. The Balaban J connectivity index is 1.05. The number of para-hydroxylation sites is 1. The summed E-state index contributed by atoms with van der Waals surface area (Å²) < 4.78 is 17.0. The lowest BCUT2D eigenvalue weighted by Crippen LogP contribution is -2.44. The predicted molar refractivity (Wildman–Crippen MR) is 127 cm³/mol. The zero-order valence-electron chi connectivity index (χ0n) is 19.0. The molecule has 2 unspecified atom stereocenters. The third-order valence-electron chi connectivity index (χ3n) is 7.71. The van der Waals surface area contributed by atoms with Crippen LogP contribution in [0.1, 0.15) is 11.1 Å². The van der Waals surface area contributed by atoms with Crippen molar-refractivity contribution >= 4 is 22.7 Å². The molecule has 4 atom stereocenters. The normalized spacial score (nSPS) is 27.7. The molecule has 5 heterocycles. The van der Waals surface area contributed by atoms with Crippen LogP contribution in [0.5, 0.6) is 11.5 Å². The molecule has 8 nitrogen and oxygen atoms in total. The third-order valence-corrected chi connectivity index (χ3v) is 7.71. The second-order valence-corrected chi connectivity index (χ2v) is 9.67. The first-order valence-electron chi connectivity index (χ1n) is 12.0. The summed E-state index contributed by atoms with van der Waals surface area (Å²) in [5, 5.41) is 4.19. The van der Waals surface area contributed by atoms with Crippen molar-refractivity contribution in [1.29, 1.82) is 0 Å². The molecule has 2 saturated heterocycles. The van der Waals surface area contributed by atoms with E-state index in [0.29, 0.717) is 31.1 Å². The third kappa shape index (κ3) is 3.16. The number of benzene rings is 2. The zero-order chi connectivity index (χ0) is 23.6. The van der Waals surface area contributed by atoms with E-state index in [1.54, 1.807) is 0 Å². The lowest BCUT2D eigenvalue weighted by Gasteiger charge is -2.23. The molecule has 178 valence electrons. The largest absolute Gasteiger partial charge is 0.454 e. The Kier molecular flexibility index (Phi) is 4.48. The minimum Gasteiger partial charge on any atom is -0.454 e. The van der Waals surface area contributed by atoms with Crippen LogP contribution in [0.15, 0.2) is 60.8 Å². The smallest absolute Gasteiger partial charge is 0.231 e. The van der Waals surface area contributed by atoms with Gasteiger partial charge in [-0.2, -0.15) is 0 Å². The maximum atomic E-state index is 13.5. The summed E-state index contributed by atoms with van der Waals surface area (Å²) in [5.41, 5.74) is 2.48. The Morgan fingerprint density at radius 2 is 2.06 bits per heavy atom. The molecule has 4 aliphatic rings. The van der Waals surface area contributed by atoms with Crippen molar-refractivity contribution in [3.8, 4) is 11.5 Å². The maximum absolute atomic E-state index is 13.5. The van der Waals surface area contributed by atoms with E-state index < -0.39 is 17.4 Å². The number of aromatic amines is 1. The zero-order valence-corrected chi connectivity index (χ0v) is 19.0. The van der Waals surface area contributed by atoms with Crippen molar-refractivity contribution in [3.05, 3.63) is 71.9 Å². The van der Waals surface area contributed by atoms with Gasteiger partial charge < -0.3 is 29.4 Å². The Labute approximate surface area is 201 Å². The number of ether oxygens (including phenoxy) is 3. The van der Waals surface area contributed by atoms with Crippen molar-refractivity contribution in [2.24, 2.45) is 11.8 Å². The van der Waals surface area contributed by atoms with Crippen LogP contribution in [0.25, 0.3) is 10.9 Å². The number of carbonyl (C=O) groups is 2. The second kappa shape index (κ2) is 7.61. The van der Waals surface area contributed by atoms with Gasteiger partial charge in [-0.05, 0) is 35.7 Å². The highest BCUT2D eigenvalue weighted by Gasteiger charge is 2.66. The SMILES string of the molecule is O=C(NCc1ccc2c(c1)OCO2)C1C2C(=O)N(CCc3c[nH]c4ccccc34)C[C@@]23C=C[C@H]1O3. The Bertz CT molecular complexity index is 1380. The summed E-state index contributed by atoms with van der Waals surface area (Å²) in [6.45, 7) is 1.63. The Morgan fingerprint density at radius 1 is 1.17 bits per heavy atom. The fourth-order valence-corrected chi connectivity index (χ4v) is 6.02. The van der Waals surface area contributed by atoms with Crippen LogP contribution in [0, 0.1) is 11.8 Å². The van der Waals surface area contributed by atoms with E-state index in [1.165, 1.54) is 10.9 Å². The molecule has 4 aliphatic heterocycles. The average molecular weight is 472 g/mol. The van der Waals surface area contributed by atoms with E-state index in [-0.39, 0.29) is 24.7 Å². The van der Waals surface area contributed by atoms with Crippen LogP contribution in [-0.4, -0.2) is 53.3 Å². The number of nitrogens with zero attached hydrogens (tertiary/aromatic N) is 1. The number of H-pyrrole nitrogens is 1. The van der Waals surface area contributed by atoms with Crippen LogP contribution in [-0.2, 0) is 27.3 Å². The first kappa shape index (κ1) is 20.6. The first-order chi connectivity index (χ1) is 17.1. The van der Waals surface area contributed by atoms with Crippen molar-refractivity contribution < 1.29 is 23.8 Å². The standard InChI is InChI=1S/C27H25N3O5/c31-25(29-12-16-5-6-20-22(11-16)34-15-33-20)23-21-7-9-27(35-21)14-30(26(32)24(23)27)10-8-17-13-28-19-4-2-1-3-18(17)19/h1-7,9,11,13,21,23-24,28H,8,10,12,14-15H2,(H,29,31)/t21-,23?,24?,27+/m1/s1. The van der Waals surface area contributed by atoms with Gasteiger partial charge in [-0.3, -0.25) is 9.59 Å². The lowest BCUT2D eigenvalue weighted by molar-refractivity contribution is -0.137. The van der Waals surface area contributed by atoms with E-state index in [2.05, 4.69) is 16.4 Å². The van der Waals surface area contributed by atoms with Gasteiger partial charge in [0.15, 0.2) is 11.5 Å². The van der Waals surface area contributed by atoms with Gasteiger partial charge in [0.2, 0.25) is 18.6 Å². The van der Waals surface area contributed by atoms with Gasteiger partial charge >= 0.3 is 0 Å². The minimum atomic E-state index is -0.706. The van der Waals surface area contributed by atoms with E-state index >= 15 is 0 Å². The van der Waals surface area contributed by atoms with Crippen LogP contribution >= 0.6 is 0 Å². The molecule has 2 amide bonds. The highest BCUT2D eigenvalue weighted by atomic mass is 16.7. The average Bonchev–Trinajstić information content (AvgIpc) is 3.68. The number of likely N-dealkylation sites (tertiary alicyclic amines) is 1. The van der Waals surface area contributed by atoms with Gasteiger partial charge in [-0.15, -0.1) is 0 Å². The van der Waals surface area contributed by atoms with Crippen molar-refractivity contribution in [2.45, 2.75) is 24.7 Å². The molecular weight excluding hydrogens is 446 g/mol. The van der Waals surface area contributed by atoms with E-state index in [4.69, 9.17) is 14.2 Å². The van der Waals surface area contributed by atoms with Gasteiger partial charge in [-0.25, -0.2) is 0 Å². The number of nitrogens with one attached hydrogen (secondary N) is 2. The Morgan fingerprint density at radius 3 is 3.00 bits per heavy atom. The minimum absolute atomic E-state index is 0.0000733. The summed E-state index contributed by atoms with van der Waals surface area (Å²) in [7, 11) is 0. The van der Waals surface area contributed by atoms with Crippen LogP contribution in [0.2, 0.25) is 0 Å². The van der Waals surface area contributed by atoms with Crippen LogP contribution < -0.4 is 14.8 Å². The number of hydrogen-bond acceptors (Lipinski definition) is 5. The molecule has 0 saturated carbocycles. The highest BCUT2D eigenvalue weighted by molar-refractivity contribution is 5.93. The molecule has 2 bridgehead atoms. The molecule has 1 spiro atoms. The molecule has 8 heteroatoms. The monoisotopic (exact) mass is 471 g/mol. The van der Waals surface area contributed by atoms with Crippen molar-refractivity contribution in [3.63, 3.8) is 0 Å². The van der Waals surface area contributed by atoms with Gasteiger partial charge in [0.25, 0.3) is 0 Å². The molecule has 0 radical (unpaired) electrons. The first-order valence-corrected chi connectivity index (χ1v) is 12.0. The molecule has 1 aromatic heterocycles. The van der Waals surface area contributed by atoms with E-state index in [9.17, 15) is 9.59 Å². The lowest BCUT2D eigenvalue weighted by atomic mass is 9.77. The topological polar surface area (TPSA) is 92.9 Å². The van der Waals surface area contributed by atoms with Crippen LogP contribution in [0.3, 0.4) is 0 Å². The van der Waals surface area contributed by atoms with Crippen molar-refractivity contribution in [2.75, 3.05) is 19.9 Å². The van der Waals surface area contributed by atoms with Gasteiger partial charge in [0.1, 0.15) is 5.60 Å². The molecule has 2 fully saturated rings. The number of fused-ring (bicyclic) bond motifs is 3. The molecule has 7 rings (SSSR count). The molecule has 3 aromatic rings. The number of aromatic nitrogens is 1.